The van der Waals surface area contributed by atoms with E-state index in [-0.39, 0.29) is 12.5 Å². The van der Waals surface area contributed by atoms with Crippen LogP contribution in [-0.2, 0) is 10.2 Å². The molecule has 1 fully saturated rings. The van der Waals surface area contributed by atoms with E-state index in [1.807, 2.05) is 6.92 Å². The third-order valence-corrected chi connectivity index (χ3v) is 5.19. The number of nitrogens with one attached hydrogen (secondary N) is 1. The second kappa shape index (κ2) is 7.57. The fourth-order valence-electron chi connectivity index (χ4n) is 2.64. The van der Waals surface area contributed by atoms with Crippen LogP contribution in [0.4, 0.5) is 0 Å². The number of rotatable bonds is 7. The number of piperidine rings is 1. The zero-order valence-electron chi connectivity index (χ0n) is 12.3. The quantitative estimate of drug-likeness (QED) is 0.693. The highest BCUT2D eigenvalue weighted by Gasteiger charge is 2.29. The van der Waals surface area contributed by atoms with E-state index in [2.05, 4.69) is 18.6 Å². The van der Waals surface area contributed by atoms with Crippen molar-refractivity contribution in [3.63, 3.8) is 0 Å². The Morgan fingerprint density at radius 2 is 1.89 bits per heavy atom. The van der Waals surface area contributed by atoms with E-state index >= 15 is 0 Å². The summed E-state index contributed by atoms with van der Waals surface area (Å²) in [6.07, 6.45) is 2.70. The van der Waals surface area contributed by atoms with E-state index in [4.69, 9.17) is 5.11 Å². The molecule has 19 heavy (non-hydrogen) atoms. The highest BCUT2D eigenvalue weighted by atomic mass is 32.2. The zero-order valence-corrected chi connectivity index (χ0v) is 13.1. The smallest absolute Gasteiger partial charge is 0.279 e. The lowest BCUT2D eigenvalue weighted by Gasteiger charge is -2.33. The summed E-state index contributed by atoms with van der Waals surface area (Å²) < 4.78 is 28.5. The van der Waals surface area contributed by atoms with Gasteiger partial charge in [0.15, 0.2) is 0 Å². The minimum absolute atomic E-state index is 0.161. The van der Waals surface area contributed by atoms with Crippen molar-refractivity contribution in [2.75, 3.05) is 26.2 Å². The van der Waals surface area contributed by atoms with Crippen molar-refractivity contribution in [3.05, 3.63) is 0 Å². The van der Waals surface area contributed by atoms with Gasteiger partial charge in [0.2, 0.25) is 0 Å². The van der Waals surface area contributed by atoms with Gasteiger partial charge in [0.05, 0.1) is 0 Å². The van der Waals surface area contributed by atoms with Crippen molar-refractivity contribution in [1.29, 1.82) is 0 Å². The van der Waals surface area contributed by atoms with Crippen molar-refractivity contribution in [2.24, 2.45) is 17.8 Å². The lowest BCUT2D eigenvalue weighted by molar-refractivity contribution is 0.219. The highest BCUT2D eigenvalue weighted by molar-refractivity contribution is 7.87. The molecule has 0 aromatic rings. The van der Waals surface area contributed by atoms with E-state index in [9.17, 15) is 8.42 Å². The monoisotopic (exact) mass is 292 g/mol. The van der Waals surface area contributed by atoms with Gasteiger partial charge in [-0.2, -0.15) is 12.7 Å². The first-order valence-electron chi connectivity index (χ1n) is 7.20. The molecule has 0 radical (unpaired) electrons. The Balaban J connectivity index is 2.38. The lowest BCUT2D eigenvalue weighted by atomic mass is 9.94. The maximum atomic E-state index is 12.2. The minimum atomic E-state index is -3.33. The molecule has 0 saturated carbocycles. The zero-order chi connectivity index (χ0) is 14.5. The summed E-state index contributed by atoms with van der Waals surface area (Å²) in [7, 11) is -3.33. The number of hydrogen-bond acceptors (Lipinski definition) is 3. The molecule has 0 aromatic heterocycles. The first-order chi connectivity index (χ1) is 8.85. The molecular weight excluding hydrogens is 264 g/mol. The van der Waals surface area contributed by atoms with Gasteiger partial charge in [-0.05, 0) is 37.0 Å². The Hall–Kier alpha value is -0.170. The van der Waals surface area contributed by atoms with Crippen LogP contribution in [0.2, 0.25) is 0 Å². The second-order valence-corrected chi connectivity index (χ2v) is 7.85. The molecular formula is C13H28N2O3S. The van der Waals surface area contributed by atoms with Crippen molar-refractivity contribution in [2.45, 2.75) is 40.0 Å². The van der Waals surface area contributed by atoms with Crippen LogP contribution in [0, 0.1) is 17.8 Å². The van der Waals surface area contributed by atoms with Crippen LogP contribution in [0.25, 0.3) is 0 Å². The molecule has 0 amide bonds. The van der Waals surface area contributed by atoms with Crippen molar-refractivity contribution in [1.82, 2.24) is 9.03 Å². The molecule has 3 unspecified atom stereocenters. The summed E-state index contributed by atoms with van der Waals surface area (Å²) in [4.78, 5) is 0. The number of aliphatic hydroxyl groups is 1. The summed E-state index contributed by atoms with van der Waals surface area (Å²) in [6.45, 7) is 8.00. The molecule has 2 N–H and O–H groups in total. The van der Waals surface area contributed by atoms with Crippen LogP contribution in [0.5, 0.6) is 0 Å². The minimum Gasteiger partial charge on any atom is -0.396 e. The summed E-state index contributed by atoms with van der Waals surface area (Å²) in [5, 5.41) is 8.91. The van der Waals surface area contributed by atoms with Crippen LogP contribution >= 0.6 is 0 Å². The van der Waals surface area contributed by atoms with Crippen LogP contribution < -0.4 is 4.72 Å². The molecule has 0 aliphatic carbocycles. The SMILES string of the molecule is CC(CO)CCCNS(=O)(=O)N1CC(C)CC(C)C1. The van der Waals surface area contributed by atoms with E-state index in [0.717, 1.165) is 19.3 Å². The molecule has 1 saturated heterocycles. The maximum Gasteiger partial charge on any atom is 0.279 e. The van der Waals surface area contributed by atoms with E-state index in [0.29, 0.717) is 31.5 Å². The summed E-state index contributed by atoms with van der Waals surface area (Å²) in [5.74, 6) is 1.09. The molecule has 1 aliphatic rings. The number of nitrogens with zero attached hydrogens (tertiary/aromatic N) is 1. The van der Waals surface area contributed by atoms with Gasteiger partial charge < -0.3 is 5.11 Å². The predicted molar refractivity (Wildman–Crippen MR) is 76.9 cm³/mol. The van der Waals surface area contributed by atoms with Gasteiger partial charge in [0.1, 0.15) is 0 Å². The van der Waals surface area contributed by atoms with Gasteiger partial charge in [-0.25, -0.2) is 4.72 Å². The molecule has 1 aliphatic heterocycles. The lowest BCUT2D eigenvalue weighted by Crippen LogP contribution is -2.48. The average Bonchev–Trinajstić information content (AvgIpc) is 2.33. The molecule has 5 nitrogen and oxygen atoms in total. The molecule has 0 spiro atoms. The van der Waals surface area contributed by atoms with Gasteiger partial charge >= 0.3 is 0 Å². The van der Waals surface area contributed by atoms with Gasteiger partial charge in [-0.3, -0.25) is 0 Å². The fourth-order valence-corrected chi connectivity index (χ4v) is 4.12. The van der Waals surface area contributed by atoms with Crippen molar-refractivity contribution >= 4 is 10.2 Å². The van der Waals surface area contributed by atoms with Gasteiger partial charge in [-0.15, -0.1) is 0 Å². The Morgan fingerprint density at radius 1 is 1.32 bits per heavy atom. The molecule has 1 heterocycles. The molecule has 6 heteroatoms. The standard InChI is InChI=1S/C13H28N2O3S/c1-11(10-16)5-4-6-14-19(17,18)15-8-12(2)7-13(3)9-15/h11-14,16H,4-10H2,1-3H3. The van der Waals surface area contributed by atoms with Crippen LogP contribution in [0.1, 0.15) is 40.0 Å². The third-order valence-electron chi connectivity index (χ3n) is 3.65. The fraction of sp³-hybridized carbons (Fsp3) is 1.00. The van der Waals surface area contributed by atoms with E-state index < -0.39 is 10.2 Å². The third kappa shape index (κ3) is 5.77. The average molecular weight is 292 g/mol. The van der Waals surface area contributed by atoms with Crippen LogP contribution in [0.15, 0.2) is 0 Å². The van der Waals surface area contributed by atoms with Crippen LogP contribution in [0.3, 0.4) is 0 Å². The predicted octanol–water partition coefficient (Wildman–Crippen LogP) is 1.21. The second-order valence-electron chi connectivity index (χ2n) is 6.09. The normalized spacial score (nSPS) is 27.4. The first-order valence-corrected chi connectivity index (χ1v) is 8.64. The molecule has 1 rings (SSSR count). The van der Waals surface area contributed by atoms with Gasteiger partial charge in [-0.1, -0.05) is 20.8 Å². The molecule has 3 atom stereocenters. The Bertz CT molecular complexity index is 349. The first kappa shape index (κ1) is 16.9. The van der Waals surface area contributed by atoms with E-state index in [1.165, 1.54) is 0 Å². The molecule has 0 aromatic carbocycles. The highest BCUT2D eigenvalue weighted by Crippen LogP contribution is 2.22. The van der Waals surface area contributed by atoms with Gasteiger partial charge in [0, 0.05) is 26.2 Å². The molecule has 114 valence electrons. The maximum absolute atomic E-state index is 12.2. The Kier molecular flexibility index (Phi) is 6.73. The largest absolute Gasteiger partial charge is 0.396 e. The van der Waals surface area contributed by atoms with Crippen molar-refractivity contribution in [3.8, 4) is 0 Å². The summed E-state index contributed by atoms with van der Waals surface area (Å²) in [5.41, 5.74) is 0. The van der Waals surface area contributed by atoms with Gasteiger partial charge in [0.25, 0.3) is 10.2 Å². The number of hydrogen-bond donors (Lipinski definition) is 2. The van der Waals surface area contributed by atoms with Crippen molar-refractivity contribution < 1.29 is 13.5 Å². The topological polar surface area (TPSA) is 69.6 Å². The van der Waals surface area contributed by atoms with Crippen LogP contribution in [-0.4, -0.2) is 44.1 Å². The Labute approximate surface area is 117 Å². The molecule has 0 bridgehead atoms. The Morgan fingerprint density at radius 3 is 2.42 bits per heavy atom. The number of aliphatic hydroxyl groups excluding tert-OH is 1. The van der Waals surface area contributed by atoms with E-state index in [1.54, 1.807) is 4.31 Å². The summed E-state index contributed by atoms with van der Waals surface area (Å²) in [6, 6.07) is 0. The summed E-state index contributed by atoms with van der Waals surface area (Å²) >= 11 is 0.